The summed E-state index contributed by atoms with van der Waals surface area (Å²) in [6.07, 6.45) is 2.89. The van der Waals surface area contributed by atoms with Gasteiger partial charge in [-0.1, -0.05) is 0 Å². The van der Waals surface area contributed by atoms with Crippen LogP contribution in [0, 0.1) is 6.92 Å². The van der Waals surface area contributed by atoms with Crippen LogP contribution >= 0.6 is 0 Å². The van der Waals surface area contributed by atoms with Gasteiger partial charge in [-0.05, 0) is 26.0 Å². The van der Waals surface area contributed by atoms with E-state index in [2.05, 4.69) is 27.6 Å². The Morgan fingerprint density at radius 2 is 2.29 bits per heavy atom. The summed E-state index contributed by atoms with van der Waals surface area (Å²) in [6.45, 7) is 7.25. The third kappa shape index (κ3) is 2.89. The molecule has 0 N–H and O–H groups in total. The highest BCUT2D eigenvalue weighted by molar-refractivity contribution is 5.22. The van der Waals surface area contributed by atoms with E-state index < -0.39 is 0 Å². The predicted molar refractivity (Wildman–Crippen MR) is 80.0 cm³/mol. The molecule has 0 aromatic carbocycles. The van der Waals surface area contributed by atoms with Crippen molar-refractivity contribution < 1.29 is 9.15 Å². The molecule has 0 saturated carbocycles. The lowest BCUT2D eigenvalue weighted by Crippen LogP contribution is -2.38. The molecule has 21 heavy (non-hydrogen) atoms. The molecule has 5 nitrogen and oxygen atoms in total. The molecule has 2 aromatic heterocycles. The first-order valence-electron chi connectivity index (χ1n) is 7.56. The number of nitrogens with zero attached hydrogens (tertiary/aromatic N) is 3. The second kappa shape index (κ2) is 6.03. The summed E-state index contributed by atoms with van der Waals surface area (Å²) in [4.78, 5) is 6.95. The summed E-state index contributed by atoms with van der Waals surface area (Å²) in [5.41, 5.74) is 2.48. The van der Waals surface area contributed by atoms with Gasteiger partial charge in [0.15, 0.2) is 0 Å². The number of aromatic nitrogens is 2. The zero-order valence-corrected chi connectivity index (χ0v) is 13.0. The number of furan rings is 1. The van der Waals surface area contributed by atoms with Crippen molar-refractivity contribution in [2.45, 2.75) is 32.9 Å². The number of hydrogen-bond acceptors (Lipinski definition) is 4. The van der Waals surface area contributed by atoms with Crippen LogP contribution < -0.4 is 0 Å². The fraction of sp³-hybridized carbons (Fsp3) is 0.562. The van der Waals surface area contributed by atoms with Crippen LogP contribution in [0.1, 0.15) is 35.9 Å². The van der Waals surface area contributed by atoms with Crippen molar-refractivity contribution >= 4 is 0 Å². The molecule has 0 radical (unpaired) electrons. The van der Waals surface area contributed by atoms with Crippen LogP contribution in [0.2, 0.25) is 0 Å². The lowest BCUT2D eigenvalue weighted by atomic mass is 10.0. The van der Waals surface area contributed by atoms with Crippen LogP contribution in [-0.2, 0) is 24.8 Å². The number of hydrogen-bond donors (Lipinski definition) is 0. The van der Waals surface area contributed by atoms with E-state index in [4.69, 9.17) is 9.15 Å². The molecule has 1 atom stereocenters. The van der Waals surface area contributed by atoms with Crippen molar-refractivity contribution in [3.05, 3.63) is 41.4 Å². The molecular formula is C16H23N3O2. The molecule has 114 valence electrons. The number of aryl methyl sites for hydroxylation is 2. The van der Waals surface area contributed by atoms with Gasteiger partial charge in [-0.15, -0.1) is 0 Å². The molecular weight excluding hydrogens is 266 g/mol. The first-order valence-corrected chi connectivity index (χ1v) is 7.56. The molecule has 3 rings (SSSR count). The molecule has 0 amide bonds. The lowest BCUT2D eigenvalue weighted by molar-refractivity contribution is 0.0485. The maximum Gasteiger partial charge on any atom is 0.118 e. The summed E-state index contributed by atoms with van der Waals surface area (Å²) < 4.78 is 13.6. The first kappa shape index (κ1) is 14.4. The molecule has 1 aliphatic rings. The largest absolute Gasteiger partial charge is 0.465 e. The van der Waals surface area contributed by atoms with Crippen LogP contribution in [0.15, 0.2) is 22.9 Å². The van der Waals surface area contributed by atoms with Gasteiger partial charge in [-0.3, -0.25) is 4.90 Å². The molecule has 2 aromatic rings. The summed E-state index contributed by atoms with van der Waals surface area (Å²) >= 11 is 0. The van der Waals surface area contributed by atoms with Crippen molar-refractivity contribution in [2.75, 3.05) is 19.8 Å². The van der Waals surface area contributed by atoms with E-state index in [1.54, 1.807) is 0 Å². The van der Waals surface area contributed by atoms with Crippen LogP contribution in [0.25, 0.3) is 0 Å². The third-order valence-corrected chi connectivity index (χ3v) is 4.09. The van der Waals surface area contributed by atoms with Gasteiger partial charge in [0.25, 0.3) is 0 Å². The van der Waals surface area contributed by atoms with E-state index in [0.717, 1.165) is 37.6 Å². The molecule has 0 spiro atoms. The van der Waals surface area contributed by atoms with Crippen molar-refractivity contribution in [1.82, 2.24) is 14.5 Å². The summed E-state index contributed by atoms with van der Waals surface area (Å²) in [6, 6.07) is 4.32. The highest BCUT2D eigenvalue weighted by Gasteiger charge is 2.31. The predicted octanol–water partition coefficient (Wildman–Crippen LogP) is 2.46. The highest BCUT2D eigenvalue weighted by atomic mass is 16.5. The van der Waals surface area contributed by atoms with E-state index >= 15 is 0 Å². The Morgan fingerprint density at radius 1 is 1.43 bits per heavy atom. The number of ether oxygens (including phenoxy) is 1. The summed E-state index contributed by atoms with van der Waals surface area (Å²) in [5, 5.41) is 0. The Balaban J connectivity index is 1.83. The van der Waals surface area contributed by atoms with E-state index in [1.165, 1.54) is 11.4 Å². The minimum absolute atomic E-state index is 0.242. The Kier molecular flexibility index (Phi) is 4.12. The molecule has 5 heteroatoms. The van der Waals surface area contributed by atoms with Gasteiger partial charge in [0.1, 0.15) is 11.5 Å². The lowest BCUT2D eigenvalue weighted by Gasteiger charge is -2.35. The fourth-order valence-corrected chi connectivity index (χ4v) is 3.06. The average molecular weight is 289 g/mol. The maximum absolute atomic E-state index is 5.73. The Bertz CT molecular complexity index is 602. The molecule has 0 bridgehead atoms. The van der Waals surface area contributed by atoms with Gasteiger partial charge in [0.05, 0.1) is 36.9 Å². The van der Waals surface area contributed by atoms with E-state index in [-0.39, 0.29) is 6.04 Å². The van der Waals surface area contributed by atoms with Crippen molar-refractivity contribution in [3.8, 4) is 0 Å². The topological polar surface area (TPSA) is 43.4 Å². The monoisotopic (exact) mass is 289 g/mol. The average Bonchev–Trinajstić information content (AvgIpc) is 3.04. The molecule has 3 heterocycles. The van der Waals surface area contributed by atoms with Crippen LogP contribution in [-0.4, -0.2) is 34.2 Å². The summed E-state index contributed by atoms with van der Waals surface area (Å²) in [5.74, 6) is 1.98. The SMILES string of the molecule is CCOC[C@@H]1c2c(ncn2C)CCN1Cc1ccc(C)o1. The van der Waals surface area contributed by atoms with Crippen LogP contribution in [0.4, 0.5) is 0 Å². The normalized spacial score (nSPS) is 18.9. The maximum atomic E-state index is 5.73. The summed E-state index contributed by atoms with van der Waals surface area (Å²) in [7, 11) is 2.06. The van der Waals surface area contributed by atoms with Crippen molar-refractivity contribution in [2.24, 2.45) is 7.05 Å². The molecule has 1 aliphatic heterocycles. The molecule has 0 fully saturated rings. The van der Waals surface area contributed by atoms with Gasteiger partial charge in [-0.2, -0.15) is 0 Å². The number of fused-ring (bicyclic) bond motifs is 1. The van der Waals surface area contributed by atoms with Gasteiger partial charge >= 0.3 is 0 Å². The smallest absolute Gasteiger partial charge is 0.118 e. The Labute approximate surface area is 125 Å². The van der Waals surface area contributed by atoms with E-state index in [9.17, 15) is 0 Å². The highest BCUT2D eigenvalue weighted by Crippen LogP contribution is 2.30. The van der Waals surface area contributed by atoms with Gasteiger partial charge in [0.2, 0.25) is 0 Å². The van der Waals surface area contributed by atoms with Gasteiger partial charge in [0, 0.05) is 26.6 Å². The van der Waals surface area contributed by atoms with Gasteiger partial charge < -0.3 is 13.7 Å². The second-order valence-electron chi connectivity index (χ2n) is 5.60. The Hall–Kier alpha value is -1.59. The van der Waals surface area contributed by atoms with Crippen LogP contribution in [0.3, 0.4) is 0 Å². The minimum atomic E-state index is 0.242. The second-order valence-corrected chi connectivity index (χ2v) is 5.60. The number of imidazole rings is 1. The van der Waals surface area contributed by atoms with Crippen molar-refractivity contribution in [1.29, 1.82) is 0 Å². The third-order valence-electron chi connectivity index (χ3n) is 4.09. The minimum Gasteiger partial charge on any atom is -0.465 e. The first-order chi connectivity index (χ1) is 10.2. The van der Waals surface area contributed by atoms with Crippen molar-refractivity contribution in [3.63, 3.8) is 0 Å². The fourth-order valence-electron chi connectivity index (χ4n) is 3.06. The molecule has 0 unspecified atom stereocenters. The van der Waals surface area contributed by atoms with E-state index in [0.29, 0.717) is 6.61 Å². The van der Waals surface area contributed by atoms with E-state index in [1.807, 2.05) is 26.2 Å². The molecule has 0 saturated heterocycles. The zero-order chi connectivity index (χ0) is 14.8. The zero-order valence-electron chi connectivity index (χ0n) is 13.0. The standard InChI is InChI=1S/C16H23N3O2/c1-4-20-10-15-16-14(17-11-18(16)3)7-8-19(15)9-13-6-5-12(2)21-13/h5-6,11,15H,4,7-10H2,1-3H3/t15-/m1/s1. The van der Waals surface area contributed by atoms with Gasteiger partial charge in [-0.25, -0.2) is 4.98 Å². The van der Waals surface area contributed by atoms with Crippen LogP contribution in [0.5, 0.6) is 0 Å². The molecule has 0 aliphatic carbocycles. The number of rotatable bonds is 5. The Morgan fingerprint density at radius 3 is 3.00 bits per heavy atom. The quantitative estimate of drug-likeness (QED) is 0.848.